The zero-order valence-corrected chi connectivity index (χ0v) is 13.3. The molecule has 0 aliphatic heterocycles. The van der Waals surface area contributed by atoms with Gasteiger partial charge in [0.25, 0.3) is 0 Å². The Labute approximate surface area is 130 Å². The smallest absolute Gasteiger partial charge is 0.337 e. The number of methoxy groups -OCH3 is 1. The maximum atomic E-state index is 12.4. The lowest BCUT2D eigenvalue weighted by Gasteiger charge is -2.17. The highest BCUT2D eigenvalue weighted by Gasteiger charge is 2.23. The number of benzene rings is 2. The third-order valence-corrected chi connectivity index (χ3v) is 3.42. The first-order chi connectivity index (χ1) is 10.3. The minimum Gasteiger partial charge on any atom is -0.465 e. The van der Waals surface area contributed by atoms with Crippen molar-refractivity contribution in [1.82, 2.24) is 0 Å². The normalized spacial score (nSPS) is 11.1. The molecule has 0 N–H and O–H groups in total. The Morgan fingerprint density at radius 3 is 1.86 bits per heavy atom. The maximum absolute atomic E-state index is 12.4. The number of Topliss-reactive ketones (excluding diaryl/α,β-unsaturated/α-hetero) is 1. The van der Waals surface area contributed by atoms with E-state index in [4.69, 9.17) is 4.74 Å². The molecule has 2 aromatic rings. The molecule has 0 atom stereocenters. The molecule has 3 nitrogen and oxygen atoms in total. The summed E-state index contributed by atoms with van der Waals surface area (Å²) >= 11 is 0. The fourth-order valence-electron chi connectivity index (χ4n) is 2.22. The molecule has 0 aliphatic carbocycles. The van der Waals surface area contributed by atoms with Gasteiger partial charge in [-0.3, -0.25) is 4.79 Å². The molecular formula is C19H20O3. The molecule has 0 aromatic heterocycles. The number of ether oxygens (including phenoxy) is 1. The van der Waals surface area contributed by atoms with Gasteiger partial charge >= 0.3 is 5.97 Å². The first-order valence-electron chi connectivity index (χ1n) is 7.16. The van der Waals surface area contributed by atoms with Crippen molar-refractivity contribution in [2.45, 2.75) is 20.8 Å². The number of esters is 1. The second kappa shape index (κ2) is 6.14. The first kappa shape index (κ1) is 16.0. The zero-order valence-electron chi connectivity index (χ0n) is 13.3. The van der Waals surface area contributed by atoms with Crippen molar-refractivity contribution in [2.24, 2.45) is 5.41 Å². The van der Waals surface area contributed by atoms with E-state index in [2.05, 4.69) is 0 Å². The van der Waals surface area contributed by atoms with Crippen molar-refractivity contribution >= 4 is 11.8 Å². The average molecular weight is 296 g/mol. The molecule has 0 saturated carbocycles. The van der Waals surface area contributed by atoms with Crippen LogP contribution in [0.2, 0.25) is 0 Å². The van der Waals surface area contributed by atoms with Crippen LogP contribution in [0.25, 0.3) is 11.1 Å². The molecule has 0 heterocycles. The minimum atomic E-state index is -0.424. The Hall–Kier alpha value is -2.42. The highest BCUT2D eigenvalue weighted by Crippen LogP contribution is 2.26. The van der Waals surface area contributed by atoms with Crippen molar-refractivity contribution in [3.05, 3.63) is 59.7 Å². The maximum Gasteiger partial charge on any atom is 0.337 e. The molecule has 0 bridgehead atoms. The Morgan fingerprint density at radius 2 is 1.36 bits per heavy atom. The van der Waals surface area contributed by atoms with Crippen LogP contribution in [0.5, 0.6) is 0 Å². The number of rotatable bonds is 3. The third-order valence-electron chi connectivity index (χ3n) is 3.42. The van der Waals surface area contributed by atoms with Crippen molar-refractivity contribution in [3.8, 4) is 11.1 Å². The summed E-state index contributed by atoms with van der Waals surface area (Å²) in [7, 11) is 1.36. The van der Waals surface area contributed by atoms with E-state index in [1.54, 1.807) is 18.2 Å². The van der Waals surface area contributed by atoms with E-state index in [0.717, 1.165) is 11.1 Å². The van der Waals surface area contributed by atoms with Crippen LogP contribution in [0.1, 0.15) is 41.5 Å². The van der Waals surface area contributed by atoms with Gasteiger partial charge in [-0.25, -0.2) is 4.79 Å². The molecule has 0 radical (unpaired) electrons. The molecule has 114 valence electrons. The summed E-state index contributed by atoms with van der Waals surface area (Å²) in [6.45, 7) is 5.71. The van der Waals surface area contributed by atoms with Crippen molar-refractivity contribution in [1.29, 1.82) is 0 Å². The molecule has 0 fully saturated rings. The number of carbonyl (C=O) groups is 2. The van der Waals surface area contributed by atoms with Gasteiger partial charge < -0.3 is 4.74 Å². The second-order valence-electron chi connectivity index (χ2n) is 6.23. The molecule has 0 unspecified atom stereocenters. The summed E-state index contributed by atoms with van der Waals surface area (Å²) < 4.78 is 4.74. The lowest BCUT2D eigenvalue weighted by atomic mass is 9.85. The van der Waals surface area contributed by atoms with E-state index >= 15 is 0 Å². The van der Waals surface area contributed by atoms with E-state index in [9.17, 15) is 9.59 Å². The van der Waals surface area contributed by atoms with Gasteiger partial charge in [0, 0.05) is 11.0 Å². The average Bonchev–Trinajstić information content (AvgIpc) is 2.52. The molecule has 0 spiro atoms. The van der Waals surface area contributed by atoms with E-state index in [1.165, 1.54) is 7.11 Å². The number of ketones is 1. The van der Waals surface area contributed by atoms with E-state index in [0.29, 0.717) is 11.1 Å². The van der Waals surface area contributed by atoms with Crippen LogP contribution in [0.15, 0.2) is 48.5 Å². The summed E-state index contributed by atoms with van der Waals surface area (Å²) in [6.07, 6.45) is 0. The Morgan fingerprint density at radius 1 is 0.864 bits per heavy atom. The van der Waals surface area contributed by atoms with Gasteiger partial charge in [0.05, 0.1) is 12.7 Å². The van der Waals surface area contributed by atoms with Gasteiger partial charge in [0.2, 0.25) is 0 Å². The van der Waals surface area contributed by atoms with Gasteiger partial charge in [-0.1, -0.05) is 51.1 Å². The zero-order chi connectivity index (χ0) is 16.3. The molecule has 3 heteroatoms. The Bertz CT molecular complexity index is 709. The predicted octanol–water partition coefficient (Wildman–Crippen LogP) is 4.37. The highest BCUT2D eigenvalue weighted by molar-refractivity contribution is 6.00. The third kappa shape index (κ3) is 3.42. The van der Waals surface area contributed by atoms with Crippen LogP contribution in [0, 0.1) is 5.41 Å². The lowest BCUT2D eigenvalue weighted by Crippen LogP contribution is -2.20. The summed E-state index contributed by atoms with van der Waals surface area (Å²) in [4.78, 5) is 24.0. The van der Waals surface area contributed by atoms with Crippen LogP contribution in [-0.2, 0) is 4.74 Å². The van der Waals surface area contributed by atoms with E-state index in [1.807, 2.05) is 51.1 Å². The van der Waals surface area contributed by atoms with Gasteiger partial charge in [0.1, 0.15) is 0 Å². The van der Waals surface area contributed by atoms with Crippen molar-refractivity contribution < 1.29 is 14.3 Å². The monoisotopic (exact) mass is 296 g/mol. The summed E-state index contributed by atoms with van der Waals surface area (Å²) in [6, 6.07) is 14.7. The van der Waals surface area contributed by atoms with Crippen LogP contribution in [0.4, 0.5) is 0 Å². The number of hydrogen-bond donors (Lipinski definition) is 0. The molecular weight excluding hydrogens is 276 g/mol. The predicted molar refractivity (Wildman–Crippen MR) is 87.0 cm³/mol. The van der Waals surface area contributed by atoms with Crippen LogP contribution in [-0.4, -0.2) is 18.9 Å². The summed E-state index contributed by atoms with van der Waals surface area (Å²) in [5, 5.41) is 0. The van der Waals surface area contributed by atoms with E-state index in [-0.39, 0.29) is 11.8 Å². The fraction of sp³-hybridized carbons (Fsp3) is 0.263. The molecule has 0 amide bonds. The standard InChI is InChI=1S/C19H20O3/c1-19(2,3)17(20)15-9-5-7-13(11-15)14-8-6-10-16(12-14)18(21)22-4/h5-12H,1-4H3. The molecule has 2 aromatic carbocycles. The highest BCUT2D eigenvalue weighted by atomic mass is 16.5. The van der Waals surface area contributed by atoms with Gasteiger partial charge in [0.15, 0.2) is 5.78 Å². The largest absolute Gasteiger partial charge is 0.465 e. The van der Waals surface area contributed by atoms with Crippen LogP contribution < -0.4 is 0 Å². The first-order valence-corrected chi connectivity index (χ1v) is 7.16. The van der Waals surface area contributed by atoms with Gasteiger partial charge in [-0.2, -0.15) is 0 Å². The lowest BCUT2D eigenvalue weighted by molar-refractivity contribution is 0.0600. The molecule has 0 aliphatic rings. The summed E-state index contributed by atoms with van der Waals surface area (Å²) in [5.74, 6) is -0.276. The van der Waals surface area contributed by atoms with Crippen LogP contribution >= 0.6 is 0 Å². The molecule has 22 heavy (non-hydrogen) atoms. The number of carbonyl (C=O) groups excluding carboxylic acids is 2. The molecule has 2 rings (SSSR count). The van der Waals surface area contributed by atoms with Crippen molar-refractivity contribution in [3.63, 3.8) is 0 Å². The Kier molecular flexibility index (Phi) is 4.45. The quantitative estimate of drug-likeness (QED) is 0.624. The minimum absolute atomic E-state index is 0.0958. The second-order valence-corrected chi connectivity index (χ2v) is 6.23. The van der Waals surface area contributed by atoms with Crippen LogP contribution in [0.3, 0.4) is 0 Å². The molecule has 0 saturated heterocycles. The summed E-state index contributed by atoms with van der Waals surface area (Å²) in [5.41, 5.74) is 2.53. The SMILES string of the molecule is COC(=O)c1cccc(-c2cccc(C(=O)C(C)(C)C)c2)c1. The van der Waals surface area contributed by atoms with Gasteiger partial charge in [-0.15, -0.1) is 0 Å². The van der Waals surface area contributed by atoms with Crippen molar-refractivity contribution in [2.75, 3.05) is 7.11 Å². The fourth-order valence-corrected chi connectivity index (χ4v) is 2.22. The van der Waals surface area contributed by atoms with E-state index < -0.39 is 5.41 Å². The number of hydrogen-bond acceptors (Lipinski definition) is 3. The van der Waals surface area contributed by atoms with Gasteiger partial charge in [-0.05, 0) is 29.3 Å². The topological polar surface area (TPSA) is 43.4 Å². The Balaban J connectivity index is 2.42.